The molecule has 4 aromatic heterocycles. The van der Waals surface area contributed by atoms with E-state index in [-0.39, 0.29) is 94.8 Å². The number of methoxy groups -OCH3 is 2. The molecule has 636 valence electrons. The number of hydrogen-bond donors (Lipinski definition) is 6. The lowest BCUT2D eigenvalue weighted by molar-refractivity contribution is -0.275. The Kier molecular flexibility index (Phi) is 25.9. The van der Waals surface area contributed by atoms with Crippen molar-refractivity contribution in [1.82, 2.24) is 40.0 Å². The van der Waals surface area contributed by atoms with E-state index in [1.165, 1.54) is 38.1 Å². The number of benzene rings is 8. The molecule has 0 fully saturated rings. The Hall–Kier alpha value is -13.5. The fourth-order valence-corrected chi connectivity index (χ4v) is 16.7. The van der Waals surface area contributed by atoms with Gasteiger partial charge >= 0.3 is 12.7 Å². The number of aromatic nitrogens is 8. The fourth-order valence-electron chi connectivity index (χ4n) is 16.7. The maximum absolute atomic E-state index is 12.9. The van der Waals surface area contributed by atoms with Crippen LogP contribution >= 0.6 is 0 Å². The van der Waals surface area contributed by atoms with Crippen molar-refractivity contribution in [2.45, 2.75) is 156 Å². The quantitative estimate of drug-likeness (QED) is 0.0491. The highest BCUT2D eigenvalue weighted by Crippen LogP contribution is 2.48. The number of carbonyl (C=O) groups is 4. The highest BCUT2D eigenvalue weighted by molar-refractivity contribution is 5.97. The Balaban J connectivity index is 0.000000140. The van der Waals surface area contributed by atoms with E-state index in [1.54, 1.807) is 83.9 Å². The minimum absolute atomic E-state index is 0.0471. The summed E-state index contributed by atoms with van der Waals surface area (Å²) in [5, 5.41) is 36.7. The number of halogens is 6. The standard InChI is InChI=1S/C24H28N4O2.C23H23F3N4O2.C23H26N4O2.C22H21F3N4O2/c1-15-6-8-21(24(12-15)30-5)25-22-13-16(2)28(17(3)29)23-9-7-18(14-19(22)23)20-10-11-27(4)26-20;1-14-12-20(27-19-6-4-5-7-22(19)32-23(24,25)26)17-13-16(18-10-11-29(3)28-18)8-9-21(17)30(14)15(2)31;1-14-5-7-20(23(11-14)29-4)25-21-12-15(2)27(16(3)28)22-8-6-17(13-18(21)22)19-9-10-24-26-19;1-13-11-19(27-18-5-3-4-6-21(18)31-22(23,24)25)16-12-15(17-9-10-26-28-17)7-8-20(16)29(13)14(2)30/h6-12,14,16,22,25H,13H2,1-5H3;4-11,13-14,20,27H,12H2,1-3H3;5-11,13,15,21,25H,12H2,1-4H3,(H,24,26);3-10,12-13,19,27H,11H2,1-2H3,(H,26,28)/t16-,22+;14-,20+;15-,21+;13-,19+/m0000/s1. The van der Waals surface area contributed by atoms with E-state index in [0.29, 0.717) is 12.8 Å². The highest BCUT2D eigenvalue weighted by Gasteiger charge is 2.40. The van der Waals surface area contributed by atoms with Crippen molar-refractivity contribution < 1.29 is 64.5 Å². The SMILES string of the molecule is CC(=O)N1c2ccc(-c3ccn(C)n3)cc2[C@H](Nc2ccccc2OC(F)(F)F)C[C@@H]1C.CC(=O)N1c2ccc(-c3ccn[nH]3)cc2[C@H](Nc2ccccc2OC(F)(F)F)C[C@@H]1C.COc1cc(C)ccc1N[C@@H]1C[C@H](C)N(C(C)=O)c2ccc(-c3ccn(C)n3)cc21.COc1cc(C)ccc1N[C@@H]1C[C@H](C)N(C(C)=O)c2ccc(-c3ccn[nH]3)cc21. The third-order valence-electron chi connectivity index (χ3n) is 22.0. The number of aryl methyl sites for hydroxylation is 4. The van der Waals surface area contributed by atoms with Gasteiger partial charge in [-0.1, -0.05) is 60.7 Å². The minimum Gasteiger partial charge on any atom is -0.495 e. The molecular weight excluding hydrogens is 1570 g/mol. The normalized spacial score (nSPS) is 18.3. The molecule has 6 N–H and O–H groups in total. The van der Waals surface area contributed by atoms with Crippen LogP contribution in [0.1, 0.15) is 139 Å². The molecule has 0 bridgehead atoms. The first-order valence-electron chi connectivity index (χ1n) is 40.0. The molecule has 8 aromatic carbocycles. The van der Waals surface area contributed by atoms with Gasteiger partial charge in [-0.3, -0.25) is 38.7 Å². The molecule has 0 spiro atoms. The van der Waals surface area contributed by atoms with Gasteiger partial charge < -0.3 is 59.8 Å². The first-order valence-corrected chi connectivity index (χ1v) is 40.0. The number of aromatic amines is 2. The number of amides is 4. The van der Waals surface area contributed by atoms with Crippen LogP contribution in [0.25, 0.3) is 45.0 Å². The number of carbonyl (C=O) groups excluding carboxylic acids is 4. The van der Waals surface area contributed by atoms with Gasteiger partial charge in [0.1, 0.15) is 11.5 Å². The van der Waals surface area contributed by atoms with Gasteiger partial charge in [-0.25, -0.2) is 0 Å². The van der Waals surface area contributed by atoms with Crippen LogP contribution in [0.5, 0.6) is 23.0 Å². The largest absolute Gasteiger partial charge is 0.573 e. The maximum atomic E-state index is 12.9. The van der Waals surface area contributed by atoms with Crippen LogP contribution < -0.4 is 59.8 Å². The first kappa shape index (κ1) is 86.3. The molecule has 0 radical (unpaired) electrons. The number of nitrogens with zero attached hydrogens (tertiary/aromatic N) is 10. The summed E-state index contributed by atoms with van der Waals surface area (Å²) in [6.07, 6.45) is 0.181. The van der Waals surface area contributed by atoms with Crippen LogP contribution in [-0.2, 0) is 33.3 Å². The van der Waals surface area contributed by atoms with Gasteiger partial charge in [0.25, 0.3) is 0 Å². The summed E-state index contributed by atoms with van der Waals surface area (Å²) in [5.74, 6) is 0.954. The van der Waals surface area contributed by atoms with Gasteiger partial charge in [-0.2, -0.15) is 20.4 Å². The Morgan fingerprint density at radius 2 is 0.680 bits per heavy atom. The zero-order valence-electron chi connectivity index (χ0n) is 70.1. The maximum Gasteiger partial charge on any atom is 0.573 e. The summed E-state index contributed by atoms with van der Waals surface area (Å²) in [6, 6.07) is 55.0. The molecule has 8 atom stereocenters. The average molecular weight is 1670 g/mol. The molecule has 4 amide bonds. The molecule has 0 aliphatic carbocycles. The number of hydrogen-bond acceptors (Lipinski definition) is 16. The lowest BCUT2D eigenvalue weighted by Gasteiger charge is -2.40. The van der Waals surface area contributed by atoms with Gasteiger partial charge in [0, 0.05) is 136 Å². The topological polar surface area (TPSA) is 259 Å². The summed E-state index contributed by atoms with van der Waals surface area (Å²) in [6.45, 7) is 18.4. The summed E-state index contributed by atoms with van der Waals surface area (Å²) < 4.78 is 100. The molecule has 0 saturated carbocycles. The van der Waals surface area contributed by atoms with Crippen LogP contribution in [0.15, 0.2) is 207 Å². The van der Waals surface area contributed by atoms with Crippen LogP contribution in [-0.4, -0.2) is 115 Å². The van der Waals surface area contributed by atoms with Crippen LogP contribution in [0.2, 0.25) is 0 Å². The second-order valence-electron chi connectivity index (χ2n) is 31.0. The van der Waals surface area contributed by atoms with E-state index < -0.39 is 12.7 Å². The molecule has 4 aliphatic heterocycles. The lowest BCUT2D eigenvalue weighted by atomic mass is 9.89. The molecule has 122 heavy (non-hydrogen) atoms. The van der Waals surface area contributed by atoms with Crippen molar-refractivity contribution in [1.29, 1.82) is 0 Å². The first-order chi connectivity index (χ1) is 58.2. The zero-order chi connectivity index (χ0) is 87.2. The molecule has 12 aromatic rings. The Labute approximate surface area is 703 Å². The predicted octanol–water partition coefficient (Wildman–Crippen LogP) is 20.0. The molecule has 4 aliphatic rings. The Bertz CT molecular complexity index is 5730. The molecular formula is C92H98F6N16O8. The highest BCUT2D eigenvalue weighted by atomic mass is 19.4. The number of ether oxygens (including phenoxy) is 4. The number of alkyl halides is 6. The summed E-state index contributed by atoms with van der Waals surface area (Å²) >= 11 is 0. The van der Waals surface area contributed by atoms with Crippen molar-refractivity contribution in [3.63, 3.8) is 0 Å². The molecule has 0 saturated heterocycles. The van der Waals surface area contributed by atoms with Gasteiger partial charge in [-0.05, 0) is 222 Å². The summed E-state index contributed by atoms with van der Waals surface area (Å²) in [7, 11) is 7.11. The number of H-pyrrole nitrogens is 2. The Morgan fingerprint density at radius 1 is 0.385 bits per heavy atom. The summed E-state index contributed by atoms with van der Waals surface area (Å²) in [4.78, 5) is 56.6. The van der Waals surface area contributed by atoms with Crippen molar-refractivity contribution in [2.75, 3.05) is 55.1 Å². The number of para-hydroxylation sites is 4. The molecule has 24 nitrogen and oxygen atoms in total. The Morgan fingerprint density at radius 3 is 0.951 bits per heavy atom. The van der Waals surface area contributed by atoms with E-state index in [1.807, 2.05) is 161 Å². The summed E-state index contributed by atoms with van der Waals surface area (Å²) in [5.41, 5.74) is 19.0. The smallest absolute Gasteiger partial charge is 0.495 e. The minimum atomic E-state index is -4.80. The second-order valence-corrected chi connectivity index (χ2v) is 31.0. The van der Waals surface area contributed by atoms with E-state index in [0.717, 1.165) is 137 Å². The number of fused-ring (bicyclic) bond motifs is 4. The van der Waals surface area contributed by atoms with Crippen molar-refractivity contribution in [3.05, 3.63) is 240 Å². The van der Waals surface area contributed by atoms with Crippen LogP contribution in [0, 0.1) is 13.8 Å². The average Bonchev–Trinajstić information content (AvgIpc) is 1.08. The van der Waals surface area contributed by atoms with Gasteiger partial charge in [0.2, 0.25) is 23.6 Å². The fraction of sp³-hybridized carbons (Fsp3) is 0.304. The lowest BCUT2D eigenvalue weighted by Crippen LogP contribution is -2.43. The van der Waals surface area contributed by atoms with E-state index in [4.69, 9.17) is 9.47 Å². The molecule has 0 unspecified atom stereocenters. The third-order valence-corrected chi connectivity index (χ3v) is 22.0. The van der Waals surface area contributed by atoms with Gasteiger partial charge in [0.05, 0.1) is 83.9 Å². The van der Waals surface area contributed by atoms with Crippen LogP contribution in [0.4, 0.5) is 71.8 Å². The number of anilines is 8. The number of nitrogens with one attached hydrogen (secondary N) is 6. The van der Waals surface area contributed by atoms with Crippen molar-refractivity contribution in [3.8, 4) is 68.0 Å². The second kappa shape index (κ2) is 36.6. The monoisotopic (exact) mass is 1670 g/mol. The molecule has 30 heteroatoms. The van der Waals surface area contributed by atoms with Crippen LogP contribution in [0.3, 0.4) is 0 Å². The van der Waals surface area contributed by atoms with E-state index >= 15 is 0 Å². The van der Waals surface area contributed by atoms with Gasteiger partial charge in [0.15, 0.2) is 11.5 Å². The van der Waals surface area contributed by atoms with Crippen molar-refractivity contribution >= 4 is 69.1 Å². The predicted molar refractivity (Wildman–Crippen MR) is 461 cm³/mol. The van der Waals surface area contributed by atoms with Gasteiger partial charge in [-0.15, -0.1) is 26.3 Å². The van der Waals surface area contributed by atoms with E-state index in [9.17, 15) is 45.5 Å². The molecule has 16 rings (SSSR count). The van der Waals surface area contributed by atoms with E-state index in [2.05, 4.69) is 112 Å². The third kappa shape index (κ3) is 19.8. The van der Waals surface area contributed by atoms with Crippen molar-refractivity contribution in [2.24, 2.45) is 14.1 Å². The number of rotatable bonds is 16. The zero-order valence-corrected chi connectivity index (χ0v) is 70.1. The molecule has 8 heterocycles.